The van der Waals surface area contributed by atoms with Crippen molar-refractivity contribution in [1.29, 1.82) is 0 Å². The van der Waals surface area contributed by atoms with E-state index in [1.54, 1.807) is 6.20 Å². The maximum Gasteiger partial charge on any atom is 0.229 e. The van der Waals surface area contributed by atoms with Gasteiger partial charge in [-0.1, -0.05) is 29.8 Å². The number of hydrogen-bond donors (Lipinski definition) is 1. The maximum atomic E-state index is 11.8. The quantitative estimate of drug-likeness (QED) is 0.929. The summed E-state index contributed by atoms with van der Waals surface area (Å²) in [6.07, 6.45) is 3.70. The van der Waals surface area contributed by atoms with Gasteiger partial charge in [0, 0.05) is 17.7 Å². The van der Waals surface area contributed by atoms with E-state index in [0.29, 0.717) is 5.95 Å². The highest BCUT2D eigenvalue weighted by Crippen LogP contribution is 2.30. The number of anilines is 1. The van der Waals surface area contributed by atoms with Crippen LogP contribution in [0.4, 0.5) is 5.95 Å². The van der Waals surface area contributed by atoms with Crippen molar-refractivity contribution in [3.05, 3.63) is 41.6 Å². The van der Waals surface area contributed by atoms with Crippen molar-refractivity contribution in [2.24, 2.45) is 5.92 Å². The van der Waals surface area contributed by atoms with Crippen molar-refractivity contribution < 1.29 is 4.79 Å². The normalized spacial score (nSPS) is 14.1. The predicted octanol–water partition coefficient (Wildman–Crippen LogP) is 3.11. The SMILES string of the molecule is Cc1ccc(-c2nc(NC(=O)C3CC3)ncc2C)cc1. The number of carbonyl (C=O) groups is 1. The lowest BCUT2D eigenvalue weighted by Gasteiger charge is -2.08. The highest BCUT2D eigenvalue weighted by atomic mass is 16.2. The van der Waals surface area contributed by atoms with Gasteiger partial charge in [-0.15, -0.1) is 0 Å². The van der Waals surface area contributed by atoms with Gasteiger partial charge in [-0.3, -0.25) is 10.1 Å². The third-order valence-corrected chi connectivity index (χ3v) is 3.48. The molecule has 4 heteroatoms. The van der Waals surface area contributed by atoms with Crippen molar-refractivity contribution >= 4 is 11.9 Å². The fraction of sp³-hybridized carbons (Fsp3) is 0.312. The largest absolute Gasteiger partial charge is 0.294 e. The second kappa shape index (κ2) is 5.04. The van der Waals surface area contributed by atoms with Crippen LogP contribution < -0.4 is 5.32 Å². The van der Waals surface area contributed by atoms with Gasteiger partial charge in [0.05, 0.1) is 5.69 Å². The summed E-state index contributed by atoms with van der Waals surface area (Å²) < 4.78 is 0. The molecule has 1 amide bonds. The molecule has 1 fully saturated rings. The summed E-state index contributed by atoms with van der Waals surface area (Å²) in [7, 11) is 0. The Morgan fingerprint density at radius 3 is 2.55 bits per heavy atom. The molecule has 0 aliphatic heterocycles. The van der Waals surface area contributed by atoms with Crippen LogP contribution in [0.3, 0.4) is 0 Å². The Morgan fingerprint density at radius 1 is 1.20 bits per heavy atom. The molecular weight excluding hydrogens is 250 g/mol. The van der Waals surface area contributed by atoms with E-state index in [4.69, 9.17) is 0 Å². The first-order chi connectivity index (χ1) is 9.63. The number of aromatic nitrogens is 2. The van der Waals surface area contributed by atoms with Crippen molar-refractivity contribution in [2.75, 3.05) is 5.32 Å². The minimum Gasteiger partial charge on any atom is -0.294 e. The summed E-state index contributed by atoms with van der Waals surface area (Å²) in [4.78, 5) is 20.4. The molecule has 2 aromatic rings. The molecule has 0 unspecified atom stereocenters. The van der Waals surface area contributed by atoms with Gasteiger partial charge in [-0.25, -0.2) is 9.97 Å². The van der Waals surface area contributed by atoms with E-state index in [-0.39, 0.29) is 11.8 Å². The number of carbonyl (C=O) groups excluding carboxylic acids is 1. The molecule has 1 aliphatic rings. The molecule has 1 N–H and O–H groups in total. The first-order valence-electron chi connectivity index (χ1n) is 6.85. The lowest BCUT2D eigenvalue weighted by atomic mass is 10.1. The van der Waals surface area contributed by atoms with E-state index in [2.05, 4.69) is 34.3 Å². The van der Waals surface area contributed by atoms with Crippen LogP contribution in [0.1, 0.15) is 24.0 Å². The Morgan fingerprint density at radius 2 is 1.90 bits per heavy atom. The lowest BCUT2D eigenvalue weighted by Crippen LogP contribution is -2.15. The Balaban J connectivity index is 1.89. The van der Waals surface area contributed by atoms with Crippen molar-refractivity contribution in [3.63, 3.8) is 0 Å². The molecule has 0 bridgehead atoms. The van der Waals surface area contributed by atoms with Gasteiger partial charge in [0.2, 0.25) is 11.9 Å². The molecule has 0 radical (unpaired) electrons. The van der Waals surface area contributed by atoms with E-state index in [1.807, 2.05) is 19.1 Å². The zero-order valence-electron chi connectivity index (χ0n) is 11.7. The monoisotopic (exact) mass is 267 g/mol. The van der Waals surface area contributed by atoms with Crippen LogP contribution in [0, 0.1) is 19.8 Å². The highest BCUT2D eigenvalue weighted by Gasteiger charge is 2.30. The number of rotatable bonds is 3. The Hall–Kier alpha value is -2.23. The van der Waals surface area contributed by atoms with Gasteiger partial charge in [-0.05, 0) is 32.3 Å². The van der Waals surface area contributed by atoms with Gasteiger partial charge >= 0.3 is 0 Å². The lowest BCUT2D eigenvalue weighted by molar-refractivity contribution is -0.117. The van der Waals surface area contributed by atoms with E-state index in [9.17, 15) is 4.79 Å². The van der Waals surface area contributed by atoms with Gasteiger partial charge in [-0.2, -0.15) is 0 Å². The number of aryl methyl sites for hydroxylation is 2. The average Bonchev–Trinajstić information content (AvgIpc) is 3.26. The topological polar surface area (TPSA) is 54.9 Å². The fourth-order valence-corrected chi connectivity index (χ4v) is 2.06. The minimum absolute atomic E-state index is 0.0312. The highest BCUT2D eigenvalue weighted by molar-refractivity contribution is 5.92. The molecule has 102 valence electrons. The third-order valence-electron chi connectivity index (χ3n) is 3.48. The zero-order chi connectivity index (χ0) is 14.1. The fourth-order valence-electron chi connectivity index (χ4n) is 2.06. The Kier molecular flexibility index (Phi) is 3.22. The molecule has 0 spiro atoms. The summed E-state index contributed by atoms with van der Waals surface area (Å²) in [6, 6.07) is 8.19. The van der Waals surface area contributed by atoms with Crippen LogP contribution >= 0.6 is 0 Å². The number of hydrogen-bond acceptors (Lipinski definition) is 3. The second-order valence-electron chi connectivity index (χ2n) is 5.35. The average molecular weight is 267 g/mol. The summed E-state index contributed by atoms with van der Waals surface area (Å²) in [5, 5.41) is 2.79. The predicted molar refractivity (Wildman–Crippen MR) is 78.3 cm³/mol. The third kappa shape index (κ3) is 2.69. The number of benzene rings is 1. The number of amides is 1. The van der Waals surface area contributed by atoms with Gasteiger partial charge in [0.1, 0.15) is 0 Å². The minimum atomic E-state index is 0.0312. The number of nitrogens with zero attached hydrogens (tertiary/aromatic N) is 2. The molecule has 4 nitrogen and oxygen atoms in total. The summed E-state index contributed by atoms with van der Waals surface area (Å²) in [5.74, 6) is 0.578. The Labute approximate surface area is 118 Å². The van der Waals surface area contributed by atoms with Crippen LogP contribution in [0.2, 0.25) is 0 Å². The van der Waals surface area contributed by atoms with E-state index in [1.165, 1.54) is 5.56 Å². The molecule has 1 aromatic carbocycles. The molecular formula is C16H17N3O. The molecule has 1 heterocycles. The van der Waals surface area contributed by atoms with E-state index >= 15 is 0 Å². The van der Waals surface area contributed by atoms with Crippen LogP contribution in [-0.2, 0) is 4.79 Å². The summed E-state index contributed by atoms with van der Waals surface area (Å²) in [6.45, 7) is 4.03. The first-order valence-corrected chi connectivity index (χ1v) is 6.85. The van der Waals surface area contributed by atoms with Crippen LogP contribution in [0.15, 0.2) is 30.5 Å². The molecule has 0 saturated heterocycles. The van der Waals surface area contributed by atoms with Crippen molar-refractivity contribution in [3.8, 4) is 11.3 Å². The van der Waals surface area contributed by atoms with Crippen LogP contribution in [0.5, 0.6) is 0 Å². The standard InChI is InChI=1S/C16H17N3O/c1-10-3-5-12(6-4-10)14-11(2)9-17-16(18-14)19-15(20)13-7-8-13/h3-6,9,13H,7-8H2,1-2H3,(H,17,18,19,20). The van der Waals surface area contributed by atoms with Crippen LogP contribution in [-0.4, -0.2) is 15.9 Å². The zero-order valence-corrected chi connectivity index (χ0v) is 11.7. The molecule has 1 aliphatic carbocycles. The molecule has 20 heavy (non-hydrogen) atoms. The molecule has 3 rings (SSSR count). The van der Waals surface area contributed by atoms with E-state index in [0.717, 1.165) is 29.7 Å². The van der Waals surface area contributed by atoms with Gasteiger partial charge in [0.15, 0.2) is 0 Å². The molecule has 1 saturated carbocycles. The van der Waals surface area contributed by atoms with Crippen molar-refractivity contribution in [1.82, 2.24) is 9.97 Å². The van der Waals surface area contributed by atoms with E-state index < -0.39 is 0 Å². The smallest absolute Gasteiger partial charge is 0.229 e. The molecule has 0 atom stereocenters. The summed E-state index contributed by atoms with van der Waals surface area (Å²) in [5.41, 5.74) is 4.12. The molecule has 1 aromatic heterocycles. The Bertz CT molecular complexity index is 645. The summed E-state index contributed by atoms with van der Waals surface area (Å²) >= 11 is 0. The van der Waals surface area contributed by atoms with Gasteiger partial charge < -0.3 is 0 Å². The van der Waals surface area contributed by atoms with Crippen LogP contribution in [0.25, 0.3) is 11.3 Å². The van der Waals surface area contributed by atoms with Gasteiger partial charge in [0.25, 0.3) is 0 Å². The second-order valence-corrected chi connectivity index (χ2v) is 5.35. The first kappa shape index (κ1) is 12.8. The number of nitrogens with one attached hydrogen (secondary N) is 1. The maximum absolute atomic E-state index is 11.8. The van der Waals surface area contributed by atoms with Crippen molar-refractivity contribution in [2.45, 2.75) is 26.7 Å².